The molecule has 5 rings (SSSR count). The Labute approximate surface area is 242 Å². The average molecular weight is 612 g/mol. The average Bonchev–Trinajstić information content (AvgIpc) is 3.29. The van der Waals surface area contributed by atoms with Crippen LogP contribution in [0.5, 0.6) is 0 Å². The number of sulfonamides is 1. The van der Waals surface area contributed by atoms with Crippen molar-refractivity contribution in [2.75, 3.05) is 49.5 Å². The van der Waals surface area contributed by atoms with Crippen LogP contribution in [-0.2, 0) is 14.8 Å². The second kappa shape index (κ2) is 12.1. The number of thiophene rings is 1. The maximum atomic E-state index is 12.6. The number of halogens is 2. The Balaban J connectivity index is 1.16. The monoisotopic (exact) mass is 610 g/mol. The van der Waals surface area contributed by atoms with Crippen LogP contribution in [0.2, 0.25) is 8.67 Å². The molecule has 210 valence electrons. The molecule has 9 nitrogen and oxygen atoms in total. The molecule has 1 saturated heterocycles. The van der Waals surface area contributed by atoms with Crippen LogP contribution >= 0.6 is 34.5 Å². The molecular weight excluding hydrogens is 579 g/mol. The minimum atomic E-state index is -3.68. The van der Waals surface area contributed by atoms with Gasteiger partial charge in [-0.15, -0.1) is 11.3 Å². The zero-order valence-corrected chi connectivity index (χ0v) is 24.8. The van der Waals surface area contributed by atoms with Crippen LogP contribution in [0, 0.1) is 11.8 Å². The standard InChI is InChI=1S/C26H32Cl2N6O3S2/c1-17(35)33-10-12-34(13-11-33)25-20-4-2-3-5-21(20)31-26(32-25)29-15-18-6-8-19(9-7-18)16-30-39(36,37)22-14-23(27)38-24(22)28/h2-5,14,18-19,30H,6-13,15-16H2,1H3,(H,29,31,32). The van der Waals surface area contributed by atoms with Crippen molar-refractivity contribution < 1.29 is 13.2 Å². The van der Waals surface area contributed by atoms with Gasteiger partial charge in [-0.05, 0) is 55.7 Å². The molecule has 1 saturated carbocycles. The first-order valence-electron chi connectivity index (χ1n) is 13.1. The first-order valence-corrected chi connectivity index (χ1v) is 16.2. The first kappa shape index (κ1) is 28.4. The number of nitrogens with one attached hydrogen (secondary N) is 2. The van der Waals surface area contributed by atoms with E-state index in [9.17, 15) is 13.2 Å². The lowest BCUT2D eigenvalue weighted by molar-refractivity contribution is -0.129. The Morgan fingerprint density at radius 2 is 1.69 bits per heavy atom. The van der Waals surface area contributed by atoms with E-state index in [1.807, 2.05) is 29.2 Å². The highest BCUT2D eigenvalue weighted by Gasteiger charge is 2.26. The van der Waals surface area contributed by atoms with Gasteiger partial charge in [0.1, 0.15) is 15.0 Å². The highest BCUT2D eigenvalue weighted by molar-refractivity contribution is 7.89. The zero-order valence-electron chi connectivity index (χ0n) is 21.7. The topological polar surface area (TPSA) is 108 Å². The zero-order chi connectivity index (χ0) is 27.6. The molecule has 0 bridgehead atoms. The number of carbonyl (C=O) groups excluding carboxylic acids is 1. The van der Waals surface area contributed by atoms with Gasteiger partial charge >= 0.3 is 0 Å². The lowest BCUT2D eigenvalue weighted by Gasteiger charge is -2.35. The van der Waals surface area contributed by atoms with Crippen molar-refractivity contribution in [1.82, 2.24) is 19.6 Å². The molecule has 39 heavy (non-hydrogen) atoms. The van der Waals surface area contributed by atoms with Crippen LogP contribution in [0.3, 0.4) is 0 Å². The molecule has 1 aromatic carbocycles. The summed E-state index contributed by atoms with van der Waals surface area (Å²) in [5.41, 5.74) is 0.891. The fourth-order valence-corrected chi connectivity index (χ4v) is 8.57. The van der Waals surface area contributed by atoms with Crippen LogP contribution < -0.4 is 14.9 Å². The number of benzene rings is 1. The van der Waals surface area contributed by atoms with Gasteiger partial charge in [0.2, 0.25) is 21.9 Å². The smallest absolute Gasteiger partial charge is 0.242 e. The third-order valence-corrected chi connectivity index (χ3v) is 10.8. The fourth-order valence-electron chi connectivity index (χ4n) is 5.30. The van der Waals surface area contributed by atoms with E-state index in [1.165, 1.54) is 6.07 Å². The van der Waals surface area contributed by atoms with Gasteiger partial charge in [0, 0.05) is 51.6 Å². The van der Waals surface area contributed by atoms with Crippen molar-refractivity contribution in [1.29, 1.82) is 0 Å². The third kappa shape index (κ3) is 6.77. The number of hydrogen-bond donors (Lipinski definition) is 2. The van der Waals surface area contributed by atoms with Gasteiger partial charge < -0.3 is 15.1 Å². The summed E-state index contributed by atoms with van der Waals surface area (Å²) >= 11 is 13.0. The summed E-state index contributed by atoms with van der Waals surface area (Å²) in [6.07, 6.45) is 3.88. The number of aromatic nitrogens is 2. The van der Waals surface area contributed by atoms with E-state index in [1.54, 1.807) is 6.92 Å². The number of carbonyl (C=O) groups is 1. The van der Waals surface area contributed by atoms with Crippen molar-refractivity contribution >= 4 is 73.1 Å². The number of anilines is 2. The number of para-hydroxylation sites is 1. The van der Waals surface area contributed by atoms with Crippen molar-refractivity contribution in [2.24, 2.45) is 11.8 Å². The summed E-state index contributed by atoms with van der Waals surface area (Å²) in [6.45, 7) is 5.60. The molecule has 3 heterocycles. The predicted molar refractivity (Wildman–Crippen MR) is 157 cm³/mol. The van der Waals surface area contributed by atoms with Crippen molar-refractivity contribution in [3.63, 3.8) is 0 Å². The molecule has 0 radical (unpaired) electrons. The molecule has 2 N–H and O–H groups in total. The van der Waals surface area contributed by atoms with Gasteiger partial charge in [-0.25, -0.2) is 18.1 Å². The van der Waals surface area contributed by atoms with Crippen molar-refractivity contribution in [3.8, 4) is 0 Å². The largest absolute Gasteiger partial charge is 0.354 e. The highest BCUT2D eigenvalue weighted by atomic mass is 35.5. The number of rotatable bonds is 8. The first-order chi connectivity index (χ1) is 18.7. The summed E-state index contributed by atoms with van der Waals surface area (Å²) in [4.78, 5) is 25.6. The predicted octanol–water partition coefficient (Wildman–Crippen LogP) is 4.86. The Hall–Kier alpha value is -2.18. The van der Waals surface area contributed by atoms with Crippen molar-refractivity contribution in [3.05, 3.63) is 39.0 Å². The molecular formula is C26H32Cl2N6O3S2. The summed E-state index contributed by atoms with van der Waals surface area (Å²) in [5.74, 6) is 2.35. The SMILES string of the molecule is CC(=O)N1CCN(c2nc(NCC3CCC(CNS(=O)(=O)c4cc(Cl)sc4Cl)CC3)nc3ccccc23)CC1. The van der Waals surface area contributed by atoms with E-state index in [4.69, 9.17) is 33.2 Å². The highest BCUT2D eigenvalue weighted by Crippen LogP contribution is 2.35. The quantitative estimate of drug-likeness (QED) is 0.375. The van der Waals surface area contributed by atoms with Gasteiger partial charge in [0.25, 0.3) is 0 Å². The van der Waals surface area contributed by atoms with Crippen LogP contribution in [0.1, 0.15) is 32.6 Å². The summed E-state index contributed by atoms with van der Waals surface area (Å²) in [5, 5.41) is 4.47. The number of hydrogen-bond acceptors (Lipinski definition) is 8. The molecule has 3 aromatic rings. The molecule has 13 heteroatoms. The van der Waals surface area contributed by atoms with Crippen molar-refractivity contribution in [2.45, 2.75) is 37.5 Å². The van der Waals surface area contributed by atoms with Gasteiger partial charge in [-0.1, -0.05) is 35.3 Å². The van der Waals surface area contributed by atoms with Crippen LogP contribution in [-0.4, -0.2) is 68.5 Å². The Bertz CT molecular complexity index is 1430. The summed E-state index contributed by atoms with van der Waals surface area (Å²) in [7, 11) is -3.68. The molecule has 1 aliphatic carbocycles. The molecule has 2 fully saturated rings. The van der Waals surface area contributed by atoms with Gasteiger partial charge in [-0.2, -0.15) is 4.98 Å². The number of amides is 1. The van der Waals surface area contributed by atoms with Gasteiger partial charge in [0.15, 0.2) is 0 Å². The van der Waals surface area contributed by atoms with Crippen LogP contribution in [0.25, 0.3) is 10.9 Å². The lowest BCUT2D eigenvalue weighted by atomic mass is 9.82. The Morgan fingerprint density at radius 3 is 2.33 bits per heavy atom. The summed E-state index contributed by atoms with van der Waals surface area (Å²) in [6, 6.07) is 9.42. The van der Waals surface area contributed by atoms with Gasteiger partial charge in [-0.3, -0.25) is 4.79 Å². The number of fused-ring (bicyclic) bond motifs is 1. The second-order valence-corrected chi connectivity index (χ2v) is 14.2. The molecule has 2 aromatic heterocycles. The maximum Gasteiger partial charge on any atom is 0.242 e. The Kier molecular flexibility index (Phi) is 8.82. The second-order valence-electron chi connectivity index (χ2n) is 10.2. The minimum Gasteiger partial charge on any atom is -0.354 e. The number of piperazine rings is 1. The minimum absolute atomic E-state index is 0.0486. The molecule has 0 atom stereocenters. The van der Waals surface area contributed by atoms with E-state index in [0.717, 1.165) is 73.4 Å². The van der Waals surface area contributed by atoms with E-state index in [2.05, 4.69) is 14.9 Å². The van der Waals surface area contributed by atoms with E-state index < -0.39 is 10.0 Å². The lowest BCUT2D eigenvalue weighted by Crippen LogP contribution is -2.48. The third-order valence-electron chi connectivity index (χ3n) is 7.60. The molecule has 0 spiro atoms. The van der Waals surface area contributed by atoms with E-state index in [0.29, 0.717) is 35.8 Å². The molecule has 2 aliphatic rings. The normalized spacial score (nSPS) is 20.4. The molecule has 0 unspecified atom stereocenters. The maximum absolute atomic E-state index is 12.6. The fraction of sp³-hybridized carbons (Fsp3) is 0.500. The van der Waals surface area contributed by atoms with E-state index >= 15 is 0 Å². The molecule has 1 aliphatic heterocycles. The van der Waals surface area contributed by atoms with E-state index in [-0.39, 0.29) is 21.1 Å². The van der Waals surface area contributed by atoms with Gasteiger partial charge in [0.05, 0.1) is 9.85 Å². The summed E-state index contributed by atoms with van der Waals surface area (Å²) < 4.78 is 28.5. The number of nitrogens with zero attached hydrogens (tertiary/aromatic N) is 4. The Morgan fingerprint density at radius 1 is 1.03 bits per heavy atom. The molecule has 1 amide bonds. The van der Waals surface area contributed by atoms with Crippen LogP contribution in [0.15, 0.2) is 35.2 Å². The van der Waals surface area contributed by atoms with Crippen LogP contribution in [0.4, 0.5) is 11.8 Å².